The Balaban J connectivity index is 2.54. The number of nitrogens with one attached hydrogen (secondary N) is 1. The molecule has 1 rings (SSSR count). The van der Waals surface area contributed by atoms with E-state index < -0.39 is 0 Å². The average molecular weight is 281 g/mol. The smallest absolute Gasteiger partial charge is 0.161 e. The van der Waals surface area contributed by atoms with Crippen molar-refractivity contribution < 1.29 is 14.6 Å². The molecule has 20 heavy (non-hydrogen) atoms. The van der Waals surface area contributed by atoms with Gasteiger partial charge in [0, 0.05) is 13.2 Å². The molecule has 0 aliphatic rings. The number of unbranched alkanes of at least 4 members (excludes halogenated alkanes) is 2. The largest absolute Gasteiger partial charge is 0.490 e. The summed E-state index contributed by atoms with van der Waals surface area (Å²) in [7, 11) is 0. The van der Waals surface area contributed by atoms with Gasteiger partial charge in [-0.25, -0.2) is 0 Å². The number of ether oxygens (including phenoxy) is 2. The molecule has 0 saturated heterocycles. The Kier molecular flexibility index (Phi) is 8.83. The average Bonchev–Trinajstić information content (AvgIpc) is 2.47. The molecule has 0 amide bonds. The van der Waals surface area contributed by atoms with Crippen LogP contribution in [0.3, 0.4) is 0 Å². The van der Waals surface area contributed by atoms with E-state index in [0.29, 0.717) is 13.2 Å². The van der Waals surface area contributed by atoms with Gasteiger partial charge in [-0.2, -0.15) is 0 Å². The van der Waals surface area contributed by atoms with Crippen molar-refractivity contribution >= 4 is 0 Å². The molecule has 0 aliphatic heterocycles. The molecule has 0 bridgehead atoms. The van der Waals surface area contributed by atoms with Gasteiger partial charge in [0.2, 0.25) is 0 Å². The summed E-state index contributed by atoms with van der Waals surface area (Å²) in [5.41, 5.74) is 1.20. The van der Waals surface area contributed by atoms with E-state index in [1.54, 1.807) is 0 Å². The summed E-state index contributed by atoms with van der Waals surface area (Å²) in [6, 6.07) is 6.08. The van der Waals surface area contributed by atoms with Crippen molar-refractivity contribution in [2.75, 3.05) is 26.4 Å². The van der Waals surface area contributed by atoms with Gasteiger partial charge in [0.1, 0.15) is 0 Å². The summed E-state index contributed by atoms with van der Waals surface area (Å²) in [6.45, 7) is 7.40. The van der Waals surface area contributed by atoms with Crippen molar-refractivity contribution in [3.63, 3.8) is 0 Å². The van der Waals surface area contributed by atoms with Crippen LogP contribution in [-0.4, -0.2) is 31.5 Å². The molecule has 0 aromatic heterocycles. The monoisotopic (exact) mass is 281 g/mol. The third-order valence-corrected chi connectivity index (χ3v) is 2.95. The van der Waals surface area contributed by atoms with Gasteiger partial charge in [-0.1, -0.05) is 13.0 Å². The van der Waals surface area contributed by atoms with E-state index in [9.17, 15) is 0 Å². The molecule has 4 heteroatoms. The Morgan fingerprint density at radius 2 is 1.90 bits per heavy atom. The van der Waals surface area contributed by atoms with Crippen LogP contribution < -0.4 is 14.8 Å². The summed E-state index contributed by atoms with van der Waals surface area (Å²) in [5, 5.41) is 12.0. The highest BCUT2D eigenvalue weighted by Crippen LogP contribution is 2.28. The van der Waals surface area contributed by atoms with Crippen molar-refractivity contribution in [2.24, 2.45) is 0 Å². The van der Waals surface area contributed by atoms with E-state index in [2.05, 4.69) is 18.3 Å². The molecule has 0 atom stereocenters. The number of aliphatic hydroxyl groups is 1. The Morgan fingerprint density at radius 1 is 1.05 bits per heavy atom. The summed E-state index contributed by atoms with van der Waals surface area (Å²) in [4.78, 5) is 0. The lowest BCUT2D eigenvalue weighted by Gasteiger charge is -2.13. The van der Waals surface area contributed by atoms with Crippen LogP contribution in [0.1, 0.15) is 38.7 Å². The topological polar surface area (TPSA) is 50.7 Å². The zero-order valence-corrected chi connectivity index (χ0v) is 12.7. The van der Waals surface area contributed by atoms with Gasteiger partial charge < -0.3 is 19.9 Å². The van der Waals surface area contributed by atoms with Crippen molar-refractivity contribution in [3.8, 4) is 11.5 Å². The second kappa shape index (κ2) is 10.5. The molecule has 1 aromatic rings. The van der Waals surface area contributed by atoms with Gasteiger partial charge in [0.15, 0.2) is 11.5 Å². The van der Waals surface area contributed by atoms with Gasteiger partial charge in [-0.3, -0.25) is 0 Å². The van der Waals surface area contributed by atoms with E-state index >= 15 is 0 Å². The molecule has 114 valence electrons. The SMILES string of the molecule is CCNCc1ccc(OCCCCCO)c(OCC)c1. The highest BCUT2D eigenvalue weighted by Gasteiger charge is 2.06. The van der Waals surface area contributed by atoms with Crippen LogP contribution in [0.25, 0.3) is 0 Å². The van der Waals surface area contributed by atoms with Gasteiger partial charge in [-0.05, 0) is 50.4 Å². The van der Waals surface area contributed by atoms with Crippen LogP contribution >= 0.6 is 0 Å². The van der Waals surface area contributed by atoms with E-state index in [0.717, 1.165) is 43.9 Å². The van der Waals surface area contributed by atoms with E-state index in [1.165, 1.54) is 5.56 Å². The van der Waals surface area contributed by atoms with E-state index in [4.69, 9.17) is 14.6 Å². The molecule has 0 unspecified atom stereocenters. The number of rotatable bonds is 11. The van der Waals surface area contributed by atoms with Crippen molar-refractivity contribution in [3.05, 3.63) is 23.8 Å². The minimum atomic E-state index is 0.253. The fraction of sp³-hybridized carbons (Fsp3) is 0.625. The molecule has 0 radical (unpaired) electrons. The van der Waals surface area contributed by atoms with Crippen LogP contribution in [0, 0.1) is 0 Å². The van der Waals surface area contributed by atoms with Crippen molar-refractivity contribution in [1.29, 1.82) is 0 Å². The quantitative estimate of drug-likeness (QED) is 0.612. The molecule has 0 spiro atoms. The zero-order chi connectivity index (χ0) is 14.6. The van der Waals surface area contributed by atoms with Crippen LogP contribution in [-0.2, 0) is 6.54 Å². The van der Waals surface area contributed by atoms with Crippen LogP contribution in [0.2, 0.25) is 0 Å². The Bertz CT molecular complexity index is 369. The van der Waals surface area contributed by atoms with Gasteiger partial charge in [-0.15, -0.1) is 0 Å². The normalized spacial score (nSPS) is 10.6. The first-order valence-corrected chi connectivity index (χ1v) is 7.51. The first kappa shape index (κ1) is 16.8. The van der Waals surface area contributed by atoms with Gasteiger partial charge in [0.25, 0.3) is 0 Å². The third kappa shape index (κ3) is 6.26. The van der Waals surface area contributed by atoms with E-state index in [-0.39, 0.29) is 6.61 Å². The molecule has 0 aliphatic carbocycles. The Labute approximate surface area is 122 Å². The summed E-state index contributed by atoms with van der Waals surface area (Å²) >= 11 is 0. The van der Waals surface area contributed by atoms with E-state index in [1.807, 2.05) is 19.1 Å². The predicted molar refractivity (Wildman–Crippen MR) is 81.4 cm³/mol. The van der Waals surface area contributed by atoms with Crippen molar-refractivity contribution in [1.82, 2.24) is 5.32 Å². The fourth-order valence-electron chi connectivity index (χ4n) is 1.89. The maximum Gasteiger partial charge on any atom is 0.161 e. The molecular weight excluding hydrogens is 254 g/mol. The third-order valence-electron chi connectivity index (χ3n) is 2.95. The first-order chi connectivity index (χ1) is 9.81. The zero-order valence-electron chi connectivity index (χ0n) is 12.7. The van der Waals surface area contributed by atoms with Crippen LogP contribution in [0.5, 0.6) is 11.5 Å². The van der Waals surface area contributed by atoms with Crippen LogP contribution in [0.15, 0.2) is 18.2 Å². The summed E-state index contributed by atoms with van der Waals surface area (Å²) in [6.07, 6.45) is 2.77. The molecule has 0 heterocycles. The summed E-state index contributed by atoms with van der Waals surface area (Å²) < 4.78 is 11.4. The first-order valence-electron chi connectivity index (χ1n) is 7.51. The van der Waals surface area contributed by atoms with Gasteiger partial charge >= 0.3 is 0 Å². The number of hydrogen-bond donors (Lipinski definition) is 2. The van der Waals surface area contributed by atoms with Crippen LogP contribution in [0.4, 0.5) is 0 Å². The minimum absolute atomic E-state index is 0.253. The standard InChI is InChI=1S/C16H27NO3/c1-3-17-13-14-8-9-15(16(12-14)19-4-2)20-11-7-5-6-10-18/h8-9,12,17-18H,3-7,10-11,13H2,1-2H3. The highest BCUT2D eigenvalue weighted by molar-refractivity contribution is 5.43. The number of benzene rings is 1. The predicted octanol–water partition coefficient (Wildman–Crippen LogP) is 2.74. The molecule has 0 saturated carbocycles. The highest BCUT2D eigenvalue weighted by atomic mass is 16.5. The summed E-state index contributed by atoms with van der Waals surface area (Å²) in [5.74, 6) is 1.61. The molecule has 0 fully saturated rings. The molecule has 4 nitrogen and oxygen atoms in total. The number of aliphatic hydroxyl groups excluding tert-OH is 1. The molecule has 2 N–H and O–H groups in total. The minimum Gasteiger partial charge on any atom is -0.490 e. The lowest BCUT2D eigenvalue weighted by Crippen LogP contribution is -2.12. The second-order valence-electron chi connectivity index (χ2n) is 4.63. The maximum absolute atomic E-state index is 8.73. The fourth-order valence-corrected chi connectivity index (χ4v) is 1.89. The second-order valence-corrected chi connectivity index (χ2v) is 4.63. The molecular formula is C16H27NO3. The lowest BCUT2D eigenvalue weighted by molar-refractivity contribution is 0.255. The van der Waals surface area contributed by atoms with Gasteiger partial charge in [0.05, 0.1) is 13.2 Å². The number of hydrogen-bond acceptors (Lipinski definition) is 4. The molecule has 1 aromatic carbocycles. The Morgan fingerprint density at radius 3 is 2.60 bits per heavy atom. The lowest BCUT2D eigenvalue weighted by atomic mass is 10.2. The van der Waals surface area contributed by atoms with Crippen molar-refractivity contribution in [2.45, 2.75) is 39.7 Å². The maximum atomic E-state index is 8.73. The Hall–Kier alpha value is -1.26.